The second-order valence-electron chi connectivity index (χ2n) is 6.94. The van der Waals surface area contributed by atoms with Crippen LogP contribution < -0.4 is 5.32 Å². The lowest BCUT2D eigenvalue weighted by Gasteiger charge is -2.50. The standard InChI is InChI=1S/C16H29N3O2/c1-21-12-16(20)17-9-15-8-13-4-7-19(15)11-14(13)10-18-5-2-3-6-18/h13-15H,2-12H2,1H3,(H,17,20)/t13-,14-,15+/m0/s1. The Hall–Kier alpha value is -0.650. The quantitative estimate of drug-likeness (QED) is 0.777. The van der Waals surface area contributed by atoms with Crippen LogP contribution in [0.4, 0.5) is 0 Å². The van der Waals surface area contributed by atoms with E-state index >= 15 is 0 Å². The molecule has 4 fully saturated rings. The van der Waals surface area contributed by atoms with Gasteiger partial charge in [-0.1, -0.05) is 0 Å². The zero-order chi connectivity index (χ0) is 14.7. The minimum absolute atomic E-state index is 0.00811. The smallest absolute Gasteiger partial charge is 0.246 e. The van der Waals surface area contributed by atoms with Gasteiger partial charge in [0, 0.05) is 32.8 Å². The van der Waals surface area contributed by atoms with E-state index in [1.807, 2.05) is 0 Å². The van der Waals surface area contributed by atoms with Gasteiger partial charge in [-0.15, -0.1) is 0 Å². The van der Waals surface area contributed by atoms with Crippen molar-refractivity contribution in [3.05, 3.63) is 0 Å². The fraction of sp³-hybridized carbons (Fsp3) is 0.938. The van der Waals surface area contributed by atoms with E-state index in [0.717, 1.165) is 18.4 Å². The second-order valence-corrected chi connectivity index (χ2v) is 6.94. The van der Waals surface area contributed by atoms with Crippen molar-refractivity contribution in [1.82, 2.24) is 15.1 Å². The molecule has 120 valence electrons. The van der Waals surface area contributed by atoms with Crippen molar-refractivity contribution in [1.29, 1.82) is 0 Å². The van der Waals surface area contributed by atoms with Gasteiger partial charge in [0.2, 0.25) is 5.91 Å². The fourth-order valence-corrected chi connectivity index (χ4v) is 4.38. The Morgan fingerprint density at radius 1 is 1.29 bits per heavy atom. The molecular weight excluding hydrogens is 266 g/mol. The summed E-state index contributed by atoms with van der Waals surface area (Å²) in [4.78, 5) is 16.8. The van der Waals surface area contributed by atoms with Crippen LogP contribution in [0.5, 0.6) is 0 Å². The molecule has 5 nitrogen and oxygen atoms in total. The number of methoxy groups -OCH3 is 1. The highest BCUT2D eigenvalue weighted by Gasteiger charge is 2.40. The Morgan fingerprint density at radius 3 is 2.76 bits per heavy atom. The number of nitrogens with one attached hydrogen (secondary N) is 1. The van der Waals surface area contributed by atoms with E-state index in [9.17, 15) is 4.79 Å². The largest absolute Gasteiger partial charge is 0.375 e. The molecule has 0 aromatic carbocycles. The van der Waals surface area contributed by atoms with Crippen LogP contribution in [-0.4, -0.2) is 74.7 Å². The van der Waals surface area contributed by atoms with Gasteiger partial charge in [0.05, 0.1) is 0 Å². The maximum atomic E-state index is 11.5. The summed E-state index contributed by atoms with van der Waals surface area (Å²) in [5, 5.41) is 3.01. The molecule has 4 aliphatic heterocycles. The summed E-state index contributed by atoms with van der Waals surface area (Å²) in [6, 6.07) is 0.541. The molecule has 0 radical (unpaired) electrons. The van der Waals surface area contributed by atoms with Crippen LogP contribution in [0.15, 0.2) is 0 Å². The van der Waals surface area contributed by atoms with Gasteiger partial charge in [0.25, 0.3) is 0 Å². The molecule has 1 N–H and O–H groups in total. The van der Waals surface area contributed by atoms with Crippen LogP contribution in [0.1, 0.15) is 25.7 Å². The number of hydrogen-bond acceptors (Lipinski definition) is 4. The summed E-state index contributed by atoms with van der Waals surface area (Å²) >= 11 is 0. The van der Waals surface area contributed by atoms with Crippen LogP contribution in [0.3, 0.4) is 0 Å². The van der Waals surface area contributed by atoms with Gasteiger partial charge in [0.1, 0.15) is 6.61 Å². The average Bonchev–Trinajstić information content (AvgIpc) is 2.99. The van der Waals surface area contributed by atoms with Crippen LogP contribution in [0, 0.1) is 11.8 Å². The topological polar surface area (TPSA) is 44.8 Å². The molecule has 4 atom stereocenters. The molecule has 0 saturated carbocycles. The molecular formula is C16H29N3O2. The van der Waals surface area contributed by atoms with E-state index in [1.54, 1.807) is 7.11 Å². The van der Waals surface area contributed by atoms with Gasteiger partial charge in [-0.3, -0.25) is 9.69 Å². The van der Waals surface area contributed by atoms with Crippen molar-refractivity contribution >= 4 is 5.91 Å². The van der Waals surface area contributed by atoms with Crippen molar-refractivity contribution in [3.63, 3.8) is 0 Å². The summed E-state index contributed by atoms with van der Waals surface area (Å²) in [7, 11) is 1.56. The number of rotatable bonds is 6. The lowest BCUT2D eigenvalue weighted by atomic mass is 9.75. The molecule has 1 unspecified atom stereocenters. The number of carbonyl (C=O) groups is 1. The summed E-state index contributed by atoms with van der Waals surface area (Å²) < 4.78 is 4.87. The first-order valence-corrected chi connectivity index (χ1v) is 8.48. The lowest BCUT2D eigenvalue weighted by molar-refractivity contribution is -0.125. The molecule has 4 saturated heterocycles. The molecule has 0 aliphatic carbocycles. The summed E-state index contributed by atoms with van der Waals surface area (Å²) in [6.07, 6.45) is 5.37. The van der Waals surface area contributed by atoms with Crippen molar-refractivity contribution in [2.45, 2.75) is 31.7 Å². The number of hydrogen-bond donors (Lipinski definition) is 1. The fourth-order valence-electron chi connectivity index (χ4n) is 4.38. The molecule has 4 aliphatic rings. The second kappa shape index (κ2) is 7.07. The Balaban J connectivity index is 1.46. The van der Waals surface area contributed by atoms with Crippen molar-refractivity contribution < 1.29 is 9.53 Å². The third-order valence-electron chi connectivity index (χ3n) is 5.52. The number of nitrogens with zero attached hydrogens (tertiary/aromatic N) is 2. The first kappa shape index (κ1) is 15.3. The van der Waals surface area contributed by atoms with Crippen molar-refractivity contribution in [3.8, 4) is 0 Å². The van der Waals surface area contributed by atoms with Gasteiger partial charge in [-0.25, -0.2) is 0 Å². The van der Waals surface area contributed by atoms with E-state index in [2.05, 4.69) is 15.1 Å². The Labute approximate surface area is 128 Å². The van der Waals surface area contributed by atoms with Crippen LogP contribution in [0.2, 0.25) is 0 Å². The van der Waals surface area contributed by atoms with Gasteiger partial charge < -0.3 is 15.0 Å². The predicted molar refractivity (Wildman–Crippen MR) is 82.1 cm³/mol. The number of piperidine rings is 3. The SMILES string of the molecule is COCC(=O)NC[C@H]1C[C@@H]2CCN1C[C@@H]2CN1CCCC1. The van der Waals surface area contributed by atoms with E-state index < -0.39 is 0 Å². The van der Waals surface area contributed by atoms with Gasteiger partial charge in [-0.2, -0.15) is 0 Å². The molecule has 5 heteroatoms. The van der Waals surface area contributed by atoms with E-state index in [-0.39, 0.29) is 12.5 Å². The zero-order valence-electron chi connectivity index (χ0n) is 13.2. The normalized spacial score (nSPS) is 36.0. The van der Waals surface area contributed by atoms with Crippen molar-refractivity contribution in [2.75, 3.05) is 53.0 Å². The van der Waals surface area contributed by atoms with Crippen LogP contribution in [0.25, 0.3) is 0 Å². The maximum absolute atomic E-state index is 11.5. The third-order valence-corrected chi connectivity index (χ3v) is 5.52. The zero-order valence-corrected chi connectivity index (χ0v) is 13.2. The minimum atomic E-state index is 0.00811. The highest BCUT2D eigenvalue weighted by molar-refractivity contribution is 5.77. The van der Waals surface area contributed by atoms with E-state index in [1.165, 1.54) is 58.4 Å². The molecule has 0 aromatic heterocycles. The first-order chi connectivity index (χ1) is 10.3. The summed E-state index contributed by atoms with van der Waals surface area (Å²) in [5.41, 5.74) is 0. The highest BCUT2D eigenvalue weighted by Crippen LogP contribution is 2.36. The molecule has 0 aromatic rings. The summed E-state index contributed by atoms with van der Waals surface area (Å²) in [5.74, 6) is 1.72. The number of likely N-dealkylation sites (tertiary alicyclic amines) is 1. The maximum Gasteiger partial charge on any atom is 0.246 e. The van der Waals surface area contributed by atoms with Gasteiger partial charge in [0.15, 0.2) is 0 Å². The molecule has 4 heterocycles. The number of carbonyl (C=O) groups excluding carboxylic acids is 1. The summed E-state index contributed by atoms with van der Waals surface area (Å²) in [6.45, 7) is 7.31. The molecule has 0 spiro atoms. The van der Waals surface area contributed by atoms with Gasteiger partial charge >= 0.3 is 0 Å². The van der Waals surface area contributed by atoms with E-state index in [0.29, 0.717) is 6.04 Å². The third kappa shape index (κ3) is 3.76. The monoisotopic (exact) mass is 295 g/mol. The van der Waals surface area contributed by atoms with Crippen LogP contribution in [-0.2, 0) is 9.53 Å². The highest BCUT2D eigenvalue weighted by atomic mass is 16.5. The molecule has 4 rings (SSSR count). The lowest BCUT2D eigenvalue weighted by Crippen LogP contribution is -2.58. The average molecular weight is 295 g/mol. The van der Waals surface area contributed by atoms with Crippen molar-refractivity contribution in [2.24, 2.45) is 11.8 Å². The van der Waals surface area contributed by atoms with Crippen LogP contribution >= 0.6 is 0 Å². The number of amides is 1. The van der Waals surface area contributed by atoms with Gasteiger partial charge in [-0.05, 0) is 57.2 Å². The number of fused-ring (bicyclic) bond motifs is 3. The molecule has 2 bridgehead atoms. The molecule has 1 amide bonds. The predicted octanol–water partition coefficient (Wildman–Crippen LogP) is 0.555. The number of ether oxygens (including phenoxy) is 1. The van der Waals surface area contributed by atoms with E-state index in [4.69, 9.17) is 4.74 Å². The molecule has 21 heavy (non-hydrogen) atoms. The Morgan fingerprint density at radius 2 is 2.10 bits per heavy atom. The minimum Gasteiger partial charge on any atom is -0.375 e. The Kier molecular flexibility index (Phi) is 5.14. The Bertz CT molecular complexity index is 357. The first-order valence-electron chi connectivity index (χ1n) is 8.48.